The van der Waals surface area contributed by atoms with Crippen LogP contribution in [0.25, 0.3) is 0 Å². The summed E-state index contributed by atoms with van der Waals surface area (Å²) in [5.41, 5.74) is 7.33. The number of carbonyl (C=O) groups is 1. The molecule has 0 fully saturated rings. The molecule has 5 heteroatoms. The highest BCUT2D eigenvalue weighted by atomic mass is 16.5. The van der Waals surface area contributed by atoms with Crippen molar-refractivity contribution >= 4 is 23.0 Å². The topological polar surface area (TPSA) is 63.5 Å². The lowest BCUT2D eigenvalue weighted by Gasteiger charge is -2.13. The Morgan fingerprint density at radius 2 is 1.61 bits per heavy atom. The van der Waals surface area contributed by atoms with E-state index in [0.29, 0.717) is 17.9 Å². The van der Waals surface area contributed by atoms with Crippen LogP contribution in [0.3, 0.4) is 0 Å². The molecular weight excluding hydrogens is 412 g/mol. The predicted molar refractivity (Wildman–Crippen MR) is 133 cm³/mol. The highest BCUT2D eigenvalue weighted by molar-refractivity contribution is 6.03. The van der Waals surface area contributed by atoms with Gasteiger partial charge in [0.2, 0.25) is 0 Å². The number of rotatable bonds is 7. The fraction of sp³-hybridized carbons (Fsp3) is 0.179. The van der Waals surface area contributed by atoms with E-state index >= 15 is 0 Å². The Morgan fingerprint density at radius 3 is 2.30 bits per heavy atom. The van der Waals surface area contributed by atoms with Gasteiger partial charge in [0.05, 0.1) is 12.8 Å². The van der Waals surface area contributed by atoms with Crippen LogP contribution in [0.1, 0.15) is 38.6 Å². The van der Waals surface area contributed by atoms with Gasteiger partial charge in [0, 0.05) is 23.9 Å². The molecule has 3 aromatic carbocycles. The normalized spacial score (nSPS) is 10.7. The number of aryl methyl sites for hydroxylation is 3. The number of furan rings is 1. The highest BCUT2D eigenvalue weighted by Crippen LogP contribution is 2.30. The van der Waals surface area contributed by atoms with Crippen LogP contribution in [0, 0.1) is 20.8 Å². The SMILES string of the molecule is COc1cc(Nc2ccccc2)ccc1NC(=O)c1ccc(Cc2c(C)cc(C)cc2C)o1. The van der Waals surface area contributed by atoms with E-state index in [-0.39, 0.29) is 11.7 Å². The fourth-order valence-electron chi connectivity index (χ4n) is 4.00. The summed E-state index contributed by atoms with van der Waals surface area (Å²) in [6.45, 7) is 6.31. The summed E-state index contributed by atoms with van der Waals surface area (Å²) in [6, 6.07) is 23.3. The molecular formula is C28H28N2O3. The zero-order chi connectivity index (χ0) is 23.4. The fourth-order valence-corrected chi connectivity index (χ4v) is 4.00. The van der Waals surface area contributed by atoms with E-state index in [2.05, 4.69) is 43.5 Å². The van der Waals surface area contributed by atoms with Crippen LogP contribution in [-0.4, -0.2) is 13.0 Å². The third-order valence-corrected chi connectivity index (χ3v) is 5.59. The summed E-state index contributed by atoms with van der Waals surface area (Å²) in [4.78, 5) is 12.8. The number of methoxy groups -OCH3 is 1. The van der Waals surface area contributed by atoms with Crippen molar-refractivity contribution in [2.24, 2.45) is 0 Å². The number of anilines is 3. The molecule has 0 saturated heterocycles. The van der Waals surface area contributed by atoms with E-state index in [9.17, 15) is 4.79 Å². The van der Waals surface area contributed by atoms with Crippen LogP contribution in [0.15, 0.2) is 77.2 Å². The first-order valence-corrected chi connectivity index (χ1v) is 10.9. The quantitative estimate of drug-likeness (QED) is 0.332. The van der Waals surface area contributed by atoms with E-state index < -0.39 is 0 Å². The first kappa shape index (κ1) is 22.2. The third kappa shape index (κ3) is 5.26. The standard InChI is InChI=1S/C28H28N2O3/c1-18-14-19(2)24(20(3)15-18)17-23-11-13-26(33-23)28(31)30-25-12-10-22(16-27(25)32-4)29-21-8-6-5-7-9-21/h5-16,29H,17H2,1-4H3,(H,30,31). The number of amides is 1. The van der Waals surface area contributed by atoms with Crippen molar-refractivity contribution in [1.29, 1.82) is 0 Å². The minimum absolute atomic E-state index is 0.265. The Hall–Kier alpha value is -3.99. The lowest BCUT2D eigenvalue weighted by molar-refractivity contribution is 0.0994. The Labute approximate surface area is 194 Å². The van der Waals surface area contributed by atoms with Crippen molar-refractivity contribution in [3.05, 3.63) is 107 Å². The Kier molecular flexibility index (Phi) is 6.50. The molecule has 0 aliphatic carbocycles. The maximum absolute atomic E-state index is 12.8. The van der Waals surface area contributed by atoms with Gasteiger partial charge in [-0.1, -0.05) is 35.9 Å². The van der Waals surface area contributed by atoms with Crippen molar-refractivity contribution in [3.8, 4) is 5.75 Å². The van der Waals surface area contributed by atoms with Crippen LogP contribution in [0.4, 0.5) is 17.1 Å². The van der Waals surface area contributed by atoms with Gasteiger partial charge in [-0.3, -0.25) is 4.79 Å². The molecule has 0 bridgehead atoms. The van der Waals surface area contributed by atoms with Crippen molar-refractivity contribution in [2.75, 3.05) is 17.7 Å². The number of benzene rings is 3. The average molecular weight is 441 g/mol. The Bertz CT molecular complexity index is 1250. The zero-order valence-corrected chi connectivity index (χ0v) is 19.4. The summed E-state index contributed by atoms with van der Waals surface area (Å²) in [5.74, 6) is 1.26. The van der Waals surface area contributed by atoms with Gasteiger partial charge < -0.3 is 19.8 Å². The molecule has 1 heterocycles. The number of nitrogens with one attached hydrogen (secondary N) is 2. The minimum Gasteiger partial charge on any atom is -0.494 e. The molecule has 0 radical (unpaired) electrons. The summed E-state index contributed by atoms with van der Waals surface area (Å²) >= 11 is 0. The summed E-state index contributed by atoms with van der Waals surface area (Å²) in [6.07, 6.45) is 0.647. The van der Waals surface area contributed by atoms with Crippen molar-refractivity contribution in [1.82, 2.24) is 0 Å². The molecule has 0 saturated carbocycles. The molecule has 33 heavy (non-hydrogen) atoms. The molecule has 0 unspecified atom stereocenters. The molecule has 5 nitrogen and oxygen atoms in total. The van der Waals surface area contributed by atoms with Crippen LogP contribution in [-0.2, 0) is 6.42 Å². The molecule has 1 aromatic heterocycles. The number of carbonyl (C=O) groups excluding carboxylic acids is 1. The van der Waals surface area contributed by atoms with Crippen molar-refractivity contribution < 1.29 is 13.9 Å². The maximum atomic E-state index is 12.8. The van der Waals surface area contributed by atoms with E-state index in [0.717, 1.165) is 17.1 Å². The maximum Gasteiger partial charge on any atom is 0.291 e. The van der Waals surface area contributed by atoms with Crippen molar-refractivity contribution in [3.63, 3.8) is 0 Å². The average Bonchev–Trinajstić information content (AvgIpc) is 3.27. The van der Waals surface area contributed by atoms with Gasteiger partial charge in [-0.15, -0.1) is 0 Å². The van der Waals surface area contributed by atoms with Gasteiger partial charge in [0.1, 0.15) is 11.5 Å². The van der Waals surface area contributed by atoms with E-state index in [4.69, 9.17) is 9.15 Å². The number of ether oxygens (including phenoxy) is 1. The lowest BCUT2D eigenvalue weighted by atomic mass is 9.97. The van der Waals surface area contributed by atoms with Gasteiger partial charge in [-0.25, -0.2) is 0 Å². The van der Waals surface area contributed by atoms with Gasteiger partial charge in [-0.2, -0.15) is 0 Å². The molecule has 168 valence electrons. The molecule has 0 atom stereocenters. The van der Waals surface area contributed by atoms with Crippen LogP contribution in [0.5, 0.6) is 5.75 Å². The predicted octanol–water partition coefficient (Wildman–Crippen LogP) is 6.80. The molecule has 1 amide bonds. The molecule has 4 aromatic rings. The first-order valence-electron chi connectivity index (χ1n) is 10.9. The Balaban J connectivity index is 1.47. The van der Waals surface area contributed by atoms with Gasteiger partial charge in [0.25, 0.3) is 5.91 Å². The molecule has 4 rings (SSSR count). The monoisotopic (exact) mass is 440 g/mol. The Morgan fingerprint density at radius 1 is 0.879 bits per heavy atom. The molecule has 0 aliphatic rings. The zero-order valence-electron chi connectivity index (χ0n) is 19.4. The molecule has 0 spiro atoms. The lowest BCUT2D eigenvalue weighted by Crippen LogP contribution is -2.12. The molecule has 0 aliphatic heterocycles. The van der Waals surface area contributed by atoms with Gasteiger partial charge in [0.15, 0.2) is 5.76 Å². The molecule has 2 N–H and O–H groups in total. The second-order valence-corrected chi connectivity index (χ2v) is 8.18. The number of hydrogen-bond acceptors (Lipinski definition) is 4. The highest BCUT2D eigenvalue weighted by Gasteiger charge is 2.16. The number of para-hydroxylation sites is 1. The second kappa shape index (κ2) is 9.65. The van der Waals surface area contributed by atoms with Crippen LogP contribution in [0.2, 0.25) is 0 Å². The van der Waals surface area contributed by atoms with Crippen LogP contribution < -0.4 is 15.4 Å². The summed E-state index contributed by atoms with van der Waals surface area (Å²) in [7, 11) is 1.58. The summed E-state index contributed by atoms with van der Waals surface area (Å²) in [5, 5.41) is 6.21. The minimum atomic E-state index is -0.319. The number of hydrogen-bond donors (Lipinski definition) is 2. The van der Waals surface area contributed by atoms with E-state index in [1.54, 1.807) is 13.2 Å². The van der Waals surface area contributed by atoms with Crippen molar-refractivity contribution in [2.45, 2.75) is 27.2 Å². The van der Waals surface area contributed by atoms with Gasteiger partial charge in [-0.05, 0) is 73.9 Å². The second-order valence-electron chi connectivity index (χ2n) is 8.18. The van der Waals surface area contributed by atoms with Crippen LogP contribution >= 0.6 is 0 Å². The van der Waals surface area contributed by atoms with E-state index in [1.807, 2.05) is 54.6 Å². The van der Waals surface area contributed by atoms with Gasteiger partial charge >= 0.3 is 0 Å². The smallest absolute Gasteiger partial charge is 0.291 e. The largest absolute Gasteiger partial charge is 0.494 e. The van der Waals surface area contributed by atoms with E-state index in [1.165, 1.54) is 22.3 Å². The first-order chi connectivity index (χ1) is 15.9. The summed E-state index contributed by atoms with van der Waals surface area (Å²) < 4.78 is 11.4. The third-order valence-electron chi connectivity index (χ3n) is 5.59.